The van der Waals surface area contributed by atoms with E-state index in [2.05, 4.69) is 15.4 Å². The number of nitrogens with one attached hydrogen (secondary N) is 1. The zero-order valence-corrected chi connectivity index (χ0v) is 19.3. The number of benzene rings is 2. The summed E-state index contributed by atoms with van der Waals surface area (Å²) in [7, 11) is 0. The molecule has 0 aliphatic carbocycles. The van der Waals surface area contributed by atoms with Crippen LogP contribution in [-0.4, -0.2) is 59.1 Å². The second kappa shape index (κ2) is 9.31. The maximum atomic E-state index is 15.1. The molecule has 6 rings (SSSR count). The molecule has 0 bridgehead atoms. The van der Waals surface area contributed by atoms with Crippen LogP contribution < -0.4 is 10.2 Å². The minimum atomic E-state index is -0.589. The van der Waals surface area contributed by atoms with Gasteiger partial charge in [-0.25, -0.2) is 13.8 Å². The van der Waals surface area contributed by atoms with Crippen molar-refractivity contribution >= 4 is 16.7 Å². The third-order valence-electron chi connectivity index (χ3n) is 6.81. The lowest BCUT2D eigenvalue weighted by Gasteiger charge is -2.29. The Labute approximate surface area is 201 Å². The van der Waals surface area contributed by atoms with Crippen LogP contribution in [0.15, 0.2) is 48.9 Å². The van der Waals surface area contributed by atoms with Gasteiger partial charge in [-0.05, 0) is 49.7 Å². The third-order valence-corrected chi connectivity index (χ3v) is 6.81. The SMILES string of the molecule is Fc1cc(-c2cccc3nc(-c4cnn(C5CCNCC5)c4)cnc23)cc(F)c1N1CCOCC1. The number of piperidine rings is 1. The standard InChI is InChI=1S/C26H26F2N6O/c27-21-12-17(13-22(28)26(21)33-8-10-35-11-9-33)20-2-1-3-23-25(20)30-15-24(32-23)18-14-31-34(16-18)19-4-6-29-7-5-19/h1-3,12-16,19,29H,4-11H2. The Kier molecular flexibility index (Phi) is 5.87. The summed E-state index contributed by atoms with van der Waals surface area (Å²) < 4.78 is 37.4. The van der Waals surface area contributed by atoms with E-state index in [1.807, 2.05) is 35.3 Å². The van der Waals surface area contributed by atoms with E-state index in [9.17, 15) is 0 Å². The second-order valence-corrected chi connectivity index (χ2v) is 9.01. The number of nitrogens with zero attached hydrogens (tertiary/aromatic N) is 5. The van der Waals surface area contributed by atoms with Gasteiger partial charge in [0.05, 0.1) is 48.4 Å². The number of para-hydroxylation sites is 1. The Morgan fingerprint density at radius 2 is 1.74 bits per heavy atom. The fraction of sp³-hybridized carbons (Fsp3) is 0.346. The number of fused-ring (bicyclic) bond motifs is 1. The van der Waals surface area contributed by atoms with Crippen LogP contribution in [0.2, 0.25) is 0 Å². The Balaban J connectivity index is 1.33. The van der Waals surface area contributed by atoms with E-state index >= 15 is 8.78 Å². The number of halogens is 2. The van der Waals surface area contributed by atoms with E-state index in [0.717, 1.165) is 37.2 Å². The minimum absolute atomic E-state index is 0.00332. The van der Waals surface area contributed by atoms with Crippen LogP contribution in [0.25, 0.3) is 33.4 Å². The number of morpholine rings is 1. The van der Waals surface area contributed by atoms with E-state index in [1.165, 1.54) is 12.1 Å². The molecule has 0 atom stereocenters. The summed E-state index contributed by atoms with van der Waals surface area (Å²) in [6.45, 7) is 3.82. The van der Waals surface area contributed by atoms with Crippen LogP contribution in [0, 0.1) is 11.6 Å². The fourth-order valence-electron chi connectivity index (χ4n) is 4.96. The molecular formula is C26H26F2N6O. The number of hydrogen-bond acceptors (Lipinski definition) is 6. The molecule has 2 aromatic heterocycles. The van der Waals surface area contributed by atoms with Crippen molar-refractivity contribution in [2.45, 2.75) is 18.9 Å². The third kappa shape index (κ3) is 4.26. The van der Waals surface area contributed by atoms with Crippen LogP contribution in [-0.2, 0) is 4.74 Å². The monoisotopic (exact) mass is 476 g/mol. The molecule has 1 N–H and O–H groups in total. The molecule has 0 unspecified atom stereocenters. The van der Waals surface area contributed by atoms with Crippen molar-refractivity contribution in [1.29, 1.82) is 0 Å². The number of aromatic nitrogens is 4. The predicted octanol–water partition coefficient (Wildman–Crippen LogP) is 4.20. The number of hydrogen-bond donors (Lipinski definition) is 1. The van der Waals surface area contributed by atoms with Gasteiger partial charge in [0, 0.05) is 30.4 Å². The van der Waals surface area contributed by atoms with Gasteiger partial charge in [0.15, 0.2) is 0 Å². The molecule has 180 valence electrons. The molecule has 2 fully saturated rings. The first-order valence-corrected chi connectivity index (χ1v) is 12.0. The molecule has 2 saturated heterocycles. The highest BCUT2D eigenvalue weighted by atomic mass is 19.1. The second-order valence-electron chi connectivity index (χ2n) is 9.01. The van der Waals surface area contributed by atoms with Crippen LogP contribution >= 0.6 is 0 Å². The topological polar surface area (TPSA) is 68.1 Å². The molecule has 35 heavy (non-hydrogen) atoms. The summed E-state index contributed by atoms with van der Waals surface area (Å²) in [5.41, 5.74) is 3.94. The predicted molar refractivity (Wildman–Crippen MR) is 130 cm³/mol. The Morgan fingerprint density at radius 3 is 2.51 bits per heavy atom. The van der Waals surface area contributed by atoms with Gasteiger partial charge in [-0.3, -0.25) is 9.67 Å². The molecule has 2 aliphatic heterocycles. The summed E-state index contributed by atoms with van der Waals surface area (Å²) in [5, 5.41) is 7.92. The molecule has 2 aliphatic rings. The van der Waals surface area contributed by atoms with Crippen molar-refractivity contribution in [3.63, 3.8) is 0 Å². The van der Waals surface area contributed by atoms with E-state index in [0.29, 0.717) is 54.5 Å². The molecule has 7 nitrogen and oxygen atoms in total. The van der Waals surface area contributed by atoms with Crippen LogP contribution in [0.3, 0.4) is 0 Å². The molecule has 4 heterocycles. The number of ether oxygens (including phenoxy) is 1. The lowest BCUT2D eigenvalue weighted by molar-refractivity contribution is 0.122. The van der Waals surface area contributed by atoms with Crippen molar-refractivity contribution < 1.29 is 13.5 Å². The van der Waals surface area contributed by atoms with Crippen molar-refractivity contribution in [3.05, 3.63) is 60.6 Å². The maximum absolute atomic E-state index is 15.1. The van der Waals surface area contributed by atoms with Gasteiger partial charge < -0.3 is 15.0 Å². The average Bonchev–Trinajstić information content (AvgIpc) is 3.39. The molecule has 0 saturated carbocycles. The Morgan fingerprint density at radius 1 is 0.971 bits per heavy atom. The lowest BCUT2D eigenvalue weighted by atomic mass is 10.0. The quantitative estimate of drug-likeness (QED) is 0.476. The average molecular weight is 477 g/mol. The van der Waals surface area contributed by atoms with Crippen LogP contribution in [0.4, 0.5) is 14.5 Å². The summed E-state index contributed by atoms with van der Waals surface area (Å²) >= 11 is 0. The van der Waals surface area contributed by atoms with E-state index < -0.39 is 11.6 Å². The smallest absolute Gasteiger partial charge is 0.150 e. The van der Waals surface area contributed by atoms with Gasteiger partial charge in [-0.15, -0.1) is 0 Å². The minimum Gasteiger partial charge on any atom is -0.378 e. The lowest BCUT2D eigenvalue weighted by Crippen LogP contribution is -2.37. The fourth-order valence-corrected chi connectivity index (χ4v) is 4.96. The number of rotatable bonds is 4. The summed E-state index contributed by atoms with van der Waals surface area (Å²) in [6, 6.07) is 8.65. The van der Waals surface area contributed by atoms with Gasteiger partial charge in [-0.1, -0.05) is 12.1 Å². The zero-order valence-electron chi connectivity index (χ0n) is 19.3. The summed E-state index contributed by atoms with van der Waals surface area (Å²) in [4.78, 5) is 11.1. The van der Waals surface area contributed by atoms with E-state index in [-0.39, 0.29) is 5.69 Å². The van der Waals surface area contributed by atoms with Crippen LogP contribution in [0.5, 0.6) is 0 Å². The van der Waals surface area contributed by atoms with Gasteiger partial charge in [0.2, 0.25) is 0 Å². The highest BCUT2D eigenvalue weighted by molar-refractivity contribution is 5.92. The first kappa shape index (κ1) is 22.1. The summed E-state index contributed by atoms with van der Waals surface area (Å²) in [6.07, 6.45) is 7.63. The van der Waals surface area contributed by atoms with Crippen molar-refractivity contribution in [3.8, 4) is 22.4 Å². The highest BCUT2D eigenvalue weighted by Gasteiger charge is 2.22. The molecule has 0 spiro atoms. The molecule has 0 amide bonds. The van der Waals surface area contributed by atoms with Crippen molar-refractivity contribution in [2.75, 3.05) is 44.3 Å². The van der Waals surface area contributed by atoms with Crippen molar-refractivity contribution in [2.24, 2.45) is 0 Å². The van der Waals surface area contributed by atoms with Gasteiger partial charge >= 0.3 is 0 Å². The van der Waals surface area contributed by atoms with Crippen LogP contribution in [0.1, 0.15) is 18.9 Å². The highest BCUT2D eigenvalue weighted by Crippen LogP contribution is 2.33. The van der Waals surface area contributed by atoms with Gasteiger partial charge in [-0.2, -0.15) is 5.10 Å². The molecule has 2 aromatic carbocycles. The zero-order chi connectivity index (χ0) is 23.8. The molecule has 4 aromatic rings. The van der Waals surface area contributed by atoms with Gasteiger partial charge in [0.1, 0.15) is 17.3 Å². The van der Waals surface area contributed by atoms with Gasteiger partial charge in [0.25, 0.3) is 0 Å². The largest absolute Gasteiger partial charge is 0.378 e. The normalized spacial score (nSPS) is 17.3. The molecular weight excluding hydrogens is 450 g/mol. The summed E-state index contributed by atoms with van der Waals surface area (Å²) in [5.74, 6) is -1.18. The first-order chi connectivity index (χ1) is 17.2. The number of anilines is 1. The molecule has 9 heteroatoms. The Bertz CT molecular complexity index is 1340. The first-order valence-electron chi connectivity index (χ1n) is 12.0. The molecule has 0 radical (unpaired) electrons. The Hall–Kier alpha value is -3.43. The van der Waals surface area contributed by atoms with Crippen molar-refractivity contribution in [1.82, 2.24) is 25.1 Å². The maximum Gasteiger partial charge on any atom is 0.150 e. The van der Waals surface area contributed by atoms with E-state index in [1.54, 1.807) is 11.1 Å². The van der Waals surface area contributed by atoms with E-state index in [4.69, 9.17) is 9.72 Å².